The second-order valence-electron chi connectivity index (χ2n) is 4.32. The molecule has 1 aliphatic heterocycles. The molecule has 1 aliphatic rings. The summed E-state index contributed by atoms with van der Waals surface area (Å²) in [6, 6.07) is 0. The molecule has 0 bridgehead atoms. The maximum Gasteiger partial charge on any atom is 0.224 e. The number of nitrogens with zero attached hydrogens (tertiary/aromatic N) is 1. The normalized spacial score (nSPS) is 21.2. The van der Waals surface area contributed by atoms with Gasteiger partial charge in [-0.2, -0.15) is 0 Å². The van der Waals surface area contributed by atoms with Crippen molar-refractivity contribution in [1.29, 1.82) is 0 Å². The first-order valence-corrected chi connectivity index (χ1v) is 6.03. The molecule has 16 heavy (non-hydrogen) atoms. The number of hydrogen-bond donors (Lipinski definition) is 0. The molecule has 0 radical (unpaired) electrons. The zero-order valence-corrected chi connectivity index (χ0v) is 10.2. The van der Waals surface area contributed by atoms with Crippen molar-refractivity contribution in [1.82, 2.24) is 4.90 Å². The number of piperidine rings is 1. The third kappa shape index (κ3) is 3.93. The van der Waals surface area contributed by atoms with Gasteiger partial charge in [-0.15, -0.1) is 0 Å². The summed E-state index contributed by atoms with van der Waals surface area (Å²) in [5.74, 6) is 0.371. The molecule has 1 fully saturated rings. The smallest absolute Gasteiger partial charge is 0.224 e. The molecule has 0 aliphatic carbocycles. The van der Waals surface area contributed by atoms with Gasteiger partial charge in [0, 0.05) is 32.0 Å². The molecule has 1 saturated heterocycles. The second kappa shape index (κ2) is 6.63. The van der Waals surface area contributed by atoms with E-state index in [4.69, 9.17) is 4.74 Å². The van der Waals surface area contributed by atoms with Crippen molar-refractivity contribution in [2.75, 3.05) is 26.3 Å². The number of carbonyl (C=O) groups is 2. The van der Waals surface area contributed by atoms with E-state index in [1.165, 1.54) is 0 Å². The summed E-state index contributed by atoms with van der Waals surface area (Å²) in [5, 5.41) is 0. The molecule has 1 unspecified atom stereocenters. The lowest BCUT2D eigenvalue weighted by Gasteiger charge is -2.30. The van der Waals surface area contributed by atoms with E-state index in [1.807, 2.05) is 13.8 Å². The Morgan fingerprint density at radius 1 is 1.50 bits per heavy atom. The lowest BCUT2D eigenvalue weighted by atomic mass is 9.98. The molecule has 0 saturated carbocycles. The van der Waals surface area contributed by atoms with Gasteiger partial charge in [0.05, 0.1) is 13.0 Å². The van der Waals surface area contributed by atoms with Crippen LogP contribution in [0, 0.1) is 5.92 Å². The van der Waals surface area contributed by atoms with Crippen molar-refractivity contribution in [3.8, 4) is 0 Å². The SMILES string of the molecule is CCCOCCC(=O)N1CCC(=O)C(C)C1. The van der Waals surface area contributed by atoms with Crippen LogP contribution in [0.25, 0.3) is 0 Å². The molecule has 0 aromatic heterocycles. The molecule has 0 aromatic carbocycles. The highest BCUT2D eigenvalue weighted by molar-refractivity contribution is 5.85. The van der Waals surface area contributed by atoms with Crippen LogP contribution >= 0.6 is 0 Å². The van der Waals surface area contributed by atoms with Crippen LogP contribution < -0.4 is 0 Å². The van der Waals surface area contributed by atoms with E-state index < -0.39 is 0 Å². The van der Waals surface area contributed by atoms with E-state index in [0.717, 1.165) is 6.42 Å². The van der Waals surface area contributed by atoms with Gasteiger partial charge in [-0.3, -0.25) is 9.59 Å². The molecule has 4 nitrogen and oxygen atoms in total. The van der Waals surface area contributed by atoms with Gasteiger partial charge < -0.3 is 9.64 Å². The quantitative estimate of drug-likeness (QED) is 0.664. The van der Waals surface area contributed by atoms with Gasteiger partial charge in [-0.25, -0.2) is 0 Å². The van der Waals surface area contributed by atoms with Crippen molar-refractivity contribution < 1.29 is 14.3 Å². The van der Waals surface area contributed by atoms with E-state index in [2.05, 4.69) is 0 Å². The number of hydrogen-bond acceptors (Lipinski definition) is 3. The fourth-order valence-electron chi connectivity index (χ4n) is 1.81. The summed E-state index contributed by atoms with van der Waals surface area (Å²) < 4.78 is 5.28. The molecule has 0 N–H and O–H groups in total. The minimum Gasteiger partial charge on any atom is -0.381 e. The summed E-state index contributed by atoms with van der Waals surface area (Å²) in [5.41, 5.74) is 0. The van der Waals surface area contributed by atoms with Crippen LogP contribution in [0.2, 0.25) is 0 Å². The van der Waals surface area contributed by atoms with E-state index in [9.17, 15) is 9.59 Å². The van der Waals surface area contributed by atoms with E-state index in [1.54, 1.807) is 4.90 Å². The van der Waals surface area contributed by atoms with E-state index in [0.29, 0.717) is 39.1 Å². The first-order chi connectivity index (χ1) is 7.65. The number of amides is 1. The molecule has 0 aromatic rings. The van der Waals surface area contributed by atoms with Gasteiger partial charge in [0.25, 0.3) is 0 Å². The average molecular weight is 227 g/mol. The highest BCUT2D eigenvalue weighted by Gasteiger charge is 2.26. The lowest BCUT2D eigenvalue weighted by molar-refractivity contribution is -0.137. The maximum atomic E-state index is 11.7. The Kier molecular flexibility index (Phi) is 5.46. The van der Waals surface area contributed by atoms with Crippen molar-refractivity contribution in [3.05, 3.63) is 0 Å². The maximum absolute atomic E-state index is 11.7. The van der Waals surface area contributed by atoms with Crippen LogP contribution in [-0.2, 0) is 14.3 Å². The Morgan fingerprint density at radius 3 is 2.88 bits per heavy atom. The number of ether oxygens (including phenoxy) is 1. The number of likely N-dealkylation sites (tertiary alicyclic amines) is 1. The van der Waals surface area contributed by atoms with Crippen molar-refractivity contribution in [2.24, 2.45) is 5.92 Å². The van der Waals surface area contributed by atoms with Crippen LogP contribution in [-0.4, -0.2) is 42.9 Å². The van der Waals surface area contributed by atoms with Crippen LogP contribution in [0.15, 0.2) is 0 Å². The fraction of sp³-hybridized carbons (Fsp3) is 0.833. The van der Waals surface area contributed by atoms with Gasteiger partial charge in [0.15, 0.2) is 0 Å². The van der Waals surface area contributed by atoms with Gasteiger partial charge >= 0.3 is 0 Å². The molecular weight excluding hydrogens is 206 g/mol. The highest BCUT2D eigenvalue weighted by Crippen LogP contribution is 2.13. The number of carbonyl (C=O) groups excluding carboxylic acids is 2. The zero-order chi connectivity index (χ0) is 12.0. The minimum atomic E-state index is -0.00531. The van der Waals surface area contributed by atoms with Crippen LogP contribution in [0.5, 0.6) is 0 Å². The Labute approximate surface area is 96.9 Å². The van der Waals surface area contributed by atoms with Gasteiger partial charge in [-0.05, 0) is 6.42 Å². The number of ketones is 1. The van der Waals surface area contributed by atoms with Crippen LogP contribution in [0.1, 0.15) is 33.1 Å². The first-order valence-electron chi connectivity index (χ1n) is 6.03. The van der Waals surface area contributed by atoms with Crippen molar-refractivity contribution in [2.45, 2.75) is 33.1 Å². The summed E-state index contributed by atoms with van der Waals surface area (Å²) in [7, 11) is 0. The third-order valence-corrected chi connectivity index (χ3v) is 2.83. The van der Waals surface area contributed by atoms with Gasteiger partial charge in [0.2, 0.25) is 5.91 Å². The fourth-order valence-corrected chi connectivity index (χ4v) is 1.81. The van der Waals surface area contributed by atoms with E-state index in [-0.39, 0.29) is 17.6 Å². The lowest BCUT2D eigenvalue weighted by Crippen LogP contribution is -2.43. The predicted octanol–water partition coefficient (Wildman–Crippen LogP) is 1.24. The number of Topliss-reactive ketones (excluding diaryl/α,β-unsaturated/α-hetero) is 1. The molecule has 0 spiro atoms. The summed E-state index contributed by atoms with van der Waals surface area (Å²) >= 11 is 0. The van der Waals surface area contributed by atoms with Gasteiger partial charge in [0.1, 0.15) is 5.78 Å². The third-order valence-electron chi connectivity index (χ3n) is 2.83. The Bertz CT molecular complexity index is 253. The Hall–Kier alpha value is -0.900. The topological polar surface area (TPSA) is 46.6 Å². The van der Waals surface area contributed by atoms with Gasteiger partial charge in [-0.1, -0.05) is 13.8 Å². The molecule has 1 atom stereocenters. The Balaban J connectivity index is 2.24. The summed E-state index contributed by atoms with van der Waals surface area (Å²) in [4.78, 5) is 24.8. The minimum absolute atomic E-state index is 0.00531. The Morgan fingerprint density at radius 2 is 2.25 bits per heavy atom. The highest BCUT2D eigenvalue weighted by atomic mass is 16.5. The average Bonchev–Trinajstić information content (AvgIpc) is 2.28. The van der Waals surface area contributed by atoms with Crippen LogP contribution in [0.3, 0.4) is 0 Å². The summed E-state index contributed by atoms with van der Waals surface area (Å²) in [6.07, 6.45) is 1.91. The molecular formula is C12H21NO3. The summed E-state index contributed by atoms with van der Waals surface area (Å²) in [6.45, 7) is 6.28. The van der Waals surface area contributed by atoms with E-state index >= 15 is 0 Å². The molecule has 1 rings (SSSR count). The molecule has 1 heterocycles. The van der Waals surface area contributed by atoms with Crippen LogP contribution in [0.4, 0.5) is 0 Å². The molecule has 1 amide bonds. The first kappa shape index (κ1) is 13.2. The second-order valence-corrected chi connectivity index (χ2v) is 4.32. The predicted molar refractivity (Wildman–Crippen MR) is 61.1 cm³/mol. The zero-order valence-electron chi connectivity index (χ0n) is 10.2. The molecule has 4 heteroatoms. The van der Waals surface area contributed by atoms with Crippen molar-refractivity contribution >= 4 is 11.7 Å². The largest absolute Gasteiger partial charge is 0.381 e. The standard InChI is InChI=1S/C12H21NO3/c1-3-7-16-8-5-12(15)13-6-4-11(14)10(2)9-13/h10H,3-9H2,1-2H3. The number of rotatable bonds is 5. The monoisotopic (exact) mass is 227 g/mol. The van der Waals surface area contributed by atoms with Crippen molar-refractivity contribution in [3.63, 3.8) is 0 Å². The molecule has 92 valence electrons.